The van der Waals surface area contributed by atoms with Crippen molar-refractivity contribution in [3.63, 3.8) is 0 Å². The number of ether oxygens (including phenoxy) is 2. The number of nitrogens with one attached hydrogen (secondary N) is 1. The molecular weight excluding hydrogens is 290 g/mol. The maximum absolute atomic E-state index is 12.1. The van der Waals surface area contributed by atoms with Gasteiger partial charge in [-0.3, -0.25) is 4.79 Å². The highest BCUT2D eigenvalue weighted by Crippen LogP contribution is 2.28. The Balaban J connectivity index is 1.94. The maximum Gasteiger partial charge on any atom is 0.227 e. The molecule has 4 nitrogen and oxygen atoms in total. The lowest BCUT2D eigenvalue weighted by Gasteiger charge is -2.21. The van der Waals surface area contributed by atoms with Gasteiger partial charge < -0.3 is 14.8 Å². The second kappa shape index (κ2) is 7.66. The Bertz CT molecular complexity index is 484. The number of hydrogen-bond donors (Lipinski definition) is 1. The number of hydrogen-bond acceptors (Lipinski definition) is 3. The van der Waals surface area contributed by atoms with Crippen molar-refractivity contribution in [3.05, 3.63) is 23.2 Å². The molecule has 1 N–H and O–H groups in total. The topological polar surface area (TPSA) is 47.6 Å². The van der Waals surface area contributed by atoms with E-state index in [0.717, 1.165) is 12.8 Å². The molecule has 0 aromatic heterocycles. The molecule has 0 bridgehead atoms. The van der Waals surface area contributed by atoms with E-state index in [1.165, 1.54) is 0 Å². The average Bonchev–Trinajstić information content (AvgIpc) is 2.47. The number of anilines is 1. The highest BCUT2D eigenvalue weighted by molar-refractivity contribution is 6.32. The van der Waals surface area contributed by atoms with Crippen LogP contribution >= 0.6 is 11.6 Å². The van der Waals surface area contributed by atoms with Crippen LogP contribution in [0.1, 0.15) is 26.7 Å². The van der Waals surface area contributed by atoms with Crippen LogP contribution in [0.15, 0.2) is 18.2 Å². The van der Waals surface area contributed by atoms with Gasteiger partial charge >= 0.3 is 0 Å². The predicted octanol–water partition coefficient (Wildman–Crippen LogP) is 3.74. The molecule has 1 aromatic carbocycles. The first-order valence-electron chi connectivity index (χ1n) is 7.37. The Kier molecular flexibility index (Phi) is 5.88. The highest BCUT2D eigenvalue weighted by Gasteiger charge is 2.21. The van der Waals surface area contributed by atoms with Gasteiger partial charge in [0.15, 0.2) is 0 Å². The van der Waals surface area contributed by atoms with Crippen molar-refractivity contribution in [3.8, 4) is 5.75 Å². The molecule has 1 aliphatic heterocycles. The Morgan fingerprint density at radius 1 is 1.43 bits per heavy atom. The van der Waals surface area contributed by atoms with Crippen LogP contribution < -0.4 is 10.1 Å². The van der Waals surface area contributed by atoms with Crippen LogP contribution in [0.3, 0.4) is 0 Å². The van der Waals surface area contributed by atoms with Gasteiger partial charge in [-0.25, -0.2) is 0 Å². The van der Waals surface area contributed by atoms with Crippen molar-refractivity contribution < 1.29 is 14.3 Å². The number of carbonyl (C=O) groups is 1. The third kappa shape index (κ3) is 4.90. The third-order valence-electron chi connectivity index (χ3n) is 3.36. The van der Waals surface area contributed by atoms with Gasteiger partial charge in [0.25, 0.3) is 0 Å². The number of amides is 1. The summed E-state index contributed by atoms with van der Waals surface area (Å²) in [6.45, 7) is 6.09. The summed E-state index contributed by atoms with van der Waals surface area (Å²) in [5.74, 6) is 1.14. The molecule has 2 rings (SSSR count). The van der Waals surface area contributed by atoms with E-state index >= 15 is 0 Å². The van der Waals surface area contributed by atoms with Crippen LogP contribution in [0, 0.1) is 11.8 Å². The minimum absolute atomic E-state index is 0.0226. The Hall–Kier alpha value is -1.26. The quantitative estimate of drug-likeness (QED) is 0.901. The molecule has 1 fully saturated rings. The van der Waals surface area contributed by atoms with Gasteiger partial charge in [0.2, 0.25) is 5.91 Å². The molecule has 1 aromatic rings. The van der Waals surface area contributed by atoms with Crippen molar-refractivity contribution in [2.75, 3.05) is 25.1 Å². The van der Waals surface area contributed by atoms with Crippen LogP contribution in [-0.4, -0.2) is 25.7 Å². The van der Waals surface area contributed by atoms with Crippen molar-refractivity contribution >= 4 is 23.2 Å². The SMILES string of the molecule is CC(C)COc1ccc(NC(=O)C2CCOCC2)cc1Cl. The minimum Gasteiger partial charge on any atom is -0.492 e. The van der Waals surface area contributed by atoms with Crippen molar-refractivity contribution in [2.24, 2.45) is 11.8 Å². The van der Waals surface area contributed by atoms with E-state index in [-0.39, 0.29) is 11.8 Å². The molecule has 1 saturated heterocycles. The predicted molar refractivity (Wildman–Crippen MR) is 84.0 cm³/mol. The molecule has 5 heteroatoms. The summed E-state index contributed by atoms with van der Waals surface area (Å²) < 4.78 is 10.9. The number of carbonyl (C=O) groups excluding carboxylic acids is 1. The second-order valence-electron chi connectivity index (χ2n) is 5.73. The van der Waals surface area contributed by atoms with E-state index < -0.39 is 0 Å². The monoisotopic (exact) mass is 311 g/mol. The molecule has 116 valence electrons. The van der Waals surface area contributed by atoms with Crippen molar-refractivity contribution in [2.45, 2.75) is 26.7 Å². The average molecular weight is 312 g/mol. The summed E-state index contributed by atoms with van der Waals surface area (Å²) in [5, 5.41) is 3.42. The van der Waals surface area contributed by atoms with E-state index in [1.807, 2.05) is 6.07 Å². The van der Waals surface area contributed by atoms with E-state index in [4.69, 9.17) is 21.1 Å². The van der Waals surface area contributed by atoms with Gasteiger partial charge in [-0.1, -0.05) is 25.4 Å². The van der Waals surface area contributed by atoms with Crippen LogP contribution in [-0.2, 0) is 9.53 Å². The minimum atomic E-state index is 0.0226. The summed E-state index contributed by atoms with van der Waals surface area (Å²) in [6.07, 6.45) is 1.55. The molecule has 0 atom stereocenters. The van der Waals surface area contributed by atoms with Crippen LogP contribution in [0.25, 0.3) is 0 Å². The van der Waals surface area contributed by atoms with Crippen LogP contribution in [0.4, 0.5) is 5.69 Å². The lowest BCUT2D eigenvalue weighted by Crippen LogP contribution is -2.28. The van der Waals surface area contributed by atoms with E-state index in [1.54, 1.807) is 12.1 Å². The Labute approximate surface area is 130 Å². The fourth-order valence-corrected chi connectivity index (χ4v) is 2.39. The normalized spacial score (nSPS) is 16.0. The molecule has 0 unspecified atom stereocenters. The lowest BCUT2D eigenvalue weighted by atomic mass is 9.99. The molecule has 1 heterocycles. The molecule has 0 saturated carbocycles. The first kappa shape index (κ1) is 16.1. The van der Waals surface area contributed by atoms with Gasteiger partial charge in [0, 0.05) is 24.8 Å². The summed E-state index contributed by atoms with van der Waals surface area (Å²) in [4.78, 5) is 12.1. The number of halogens is 1. The largest absolute Gasteiger partial charge is 0.492 e. The fraction of sp³-hybridized carbons (Fsp3) is 0.562. The van der Waals surface area contributed by atoms with E-state index in [2.05, 4.69) is 19.2 Å². The lowest BCUT2D eigenvalue weighted by molar-refractivity contribution is -0.122. The van der Waals surface area contributed by atoms with Crippen LogP contribution in [0.2, 0.25) is 5.02 Å². The van der Waals surface area contributed by atoms with E-state index in [0.29, 0.717) is 42.2 Å². The van der Waals surface area contributed by atoms with Crippen LogP contribution in [0.5, 0.6) is 5.75 Å². The van der Waals surface area contributed by atoms with Crippen molar-refractivity contribution in [1.82, 2.24) is 0 Å². The highest BCUT2D eigenvalue weighted by atomic mass is 35.5. The molecule has 21 heavy (non-hydrogen) atoms. The standard InChI is InChI=1S/C16H22ClNO3/c1-11(2)10-21-15-4-3-13(9-14(15)17)18-16(19)12-5-7-20-8-6-12/h3-4,9,11-12H,5-8,10H2,1-2H3,(H,18,19). The zero-order chi connectivity index (χ0) is 15.2. The summed E-state index contributed by atoms with van der Waals surface area (Å²) in [6, 6.07) is 5.34. The van der Waals surface area contributed by atoms with Gasteiger partial charge in [-0.2, -0.15) is 0 Å². The van der Waals surface area contributed by atoms with Gasteiger partial charge in [-0.15, -0.1) is 0 Å². The summed E-state index contributed by atoms with van der Waals surface area (Å²) in [7, 11) is 0. The van der Waals surface area contributed by atoms with E-state index in [9.17, 15) is 4.79 Å². The molecular formula is C16H22ClNO3. The first-order valence-corrected chi connectivity index (χ1v) is 7.75. The molecule has 0 radical (unpaired) electrons. The molecule has 1 amide bonds. The summed E-state index contributed by atoms with van der Waals surface area (Å²) >= 11 is 6.19. The third-order valence-corrected chi connectivity index (χ3v) is 3.66. The molecule has 0 spiro atoms. The number of benzene rings is 1. The maximum atomic E-state index is 12.1. The van der Waals surface area contributed by atoms with Gasteiger partial charge in [-0.05, 0) is 37.0 Å². The molecule has 0 aliphatic carbocycles. The smallest absolute Gasteiger partial charge is 0.227 e. The van der Waals surface area contributed by atoms with Gasteiger partial charge in [0.1, 0.15) is 5.75 Å². The fourth-order valence-electron chi connectivity index (χ4n) is 2.16. The van der Waals surface area contributed by atoms with Gasteiger partial charge in [0.05, 0.1) is 11.6 Å². The number of rotatable bonds is 5. The van der Waals surface area contributed by atoms with Crippen molar-refractivity contribution in [1.29, 1.82) is 0 Å². The second-order valence-corrected chi connectivity index (χ2v) is 6.13. The molecule has 1 aliphatic rings. The summed E-state index contributed by atoms with van der Waals surface area (Å²) in [5.41, 5.74) is 0.702. The first-order chi connectivity index (χ1) is 10.1. The Morgan fingerprint density at radius 3 is 2.76 bits per heavy atom. The Morgan fingerprint density at radius 2 is 2.14 bits per heavy atom. The zero-order valence-corrected chi connectivity index (χ0v) is 13.3. The zero-order valence-electron chi connectivity index (χ0n) is 12.5.